The summed E-state index contributed by atoms with van der Waals surface area (Å²) in [5.41, 5.74) is 1.21. The molecule has 0 saturated carbocycles. The lowest BCUT2D eigenvalue weighted by Gasteiger charge is -2.30. The van der Waals surface area contributed by atoms with Crippen LogP contribution in [-0.2, 0) is 9.53 Å². The Kier molecular flexibility index (Phi) is 4.61. The second-order valence-corrected chi connectivity index (χ2v) is 6.40. The van der Waals surface area contributed by atoms with Crippen LogP contribution < -0.4 is 0 Å². The van der Waals surface area contributed by atoms with E-state index in [4.69, 9.17) is 4.74 Å². The average Bonchev–Trinajstić information content (AvgIpc) is 2.54. The van der Waals surface area contributed by atoms with Crippen molar-refractivity contribution in [2.75, 3.05) is 0 Å². The van der Waals surface area contributed by atoms with E-state index in [1.807, 2.05) is 36.4 Å². The predicted molar refractivity (Wildman–Crippen MR) is 85.2 cm³/mol. The summed E-state index contributed by atoms with van der Waals surface area (Å²) in [5.74, 6) is -0.0687. The van der Waals surface area contributed by atoms with E-state index in [9.17, 15) is 4.79 Å². The van der Waals surface area contributed by atoms with Gasteiger partial charge < -0.3 is 4.74 Å². The van der Waals surface area contributed by atoms with Gasteiger partial charge in [-0.15, -0.1) is 11.8 Å². The summed E-state index contributed by atoms with van der Waals surface area (Å²) in [5, 5.41) is 0.151. The zero-order valence-corrected chi connectivity index (χ0v) is 12.6. The molecular weight excluding hydrogens is 280 g/mol. The first kappa shape index (κ1) is 14.2. The van der Waals surface area contributed by atoms with Gasteiger partial charge in [-0.25, -0.2) is 0 Å². The minimum absolute atomic E-state index is 0.0427. The number of thioether (sulfide) groups is 1. The molecule has 2 atom stereocenters. The first-order chi connectivity index (χ1) is 10.3. The fourth-order valence-electron chi connectivity index (χ4n) is 2.59. The number of hydrogen-bond donors (Lipinski definition) is 0. The van der Waals surface area contributed by atoms with Crippen molar-refractivity contribution in [2.24, 2.45) is 0 Å². The van der Waals surface area contributed by atoms with Crippen molar-refractivity contribution in [3.05, 3.63) is 66.2 Å². The minimum atomic E-state index is -0.0687. The fraction of sp³-hybridized carbons (Fsp3) is 0.278. The highest BCUT2D eigenvalue weighted by molar-refractivity contribution is 7.99. The second kappa shape index (κ2) is 6.81. The van der Waals surface area contributed by atoms with E-state index in [1.54, 1.807) is 11.8 Å². The first-order valence-electron chi connectivity index (χ1n) is 7.29. The predicted octanol–water partition coefficient (Wildman–Crippen LogP) is 4.62. The van der Waals surface area contributed by atoms with E-state index in [2.05, 4.69) is 24.3 Å². The molecule has 1 aliphatic heterocycles. The van der Waals surface area contributed by atoms with Gasteiger partial charge >= 0.3 is 5.97 Å². The molecule has 3 heteroatoms. The lowest BCUT2D eigenvalue weighted by atomic mass is 10.0. The van der Waals surface area contributed by atoms with Crippen molar-refractivity contribution in [2.45, 2.75) is 35.5 Å². The van der Waals surface area contributed by atoms with Crippen LogP contribution in [0.25, 0.3) is 0 Å². The fourth-order valence-corrected chi connectivity index (χ4v) is 3.84. The maximum absolute atomic E-state index is 11.6. The maximum atomic E-state index is 11.6. The van der Waals surface area contributed by atoms with E-state index in [-0.39, 0.29) is 17.3 Å². The quantitative estimate of drug-likeness (QED) is 0.609. The molecule has 0 bridgehead atoms. The number of hydrogen-bond acceptors (Lipinski definition) is 3. The highest BCUT2D eigenvalue weighted by Gasteiger charge is 2.30. The van der Waals surface area contributed by atoms with E-state index in [0.29, 0.717) is 6.42 Å². The summed E-state index contributed by atoms with van der Waals surface area (Å²) in [6.07, 6.45) is 2.36. The van der Waals surface area contributed by atoms with E-state index < -0.39 is 0 Å². The molecule has 2 aromatic carbocycles. The van der Waals surface area contributed by atoms with Crippen LogP contribution in [0.15, 0.2) is 65.6 Å². The van der Waals surface area contributed by atoms with Crippen molar-refractivity contribution in [3.8, 4) is 0 Å². The number of rotatable bonds is 4. The highest BCUT2D eigenvalue weighted by Crippen LogP contribution is 2.41. The Balaban J connectivity index is 1.85. The molecule has 1 unspecified atom stereocenters. The topological polar surface area (TPSA) is 26.3 Å². The summed E-state index contributed by atoms with van der Waals surface area (Å²) >= 11 is 1.77. The van der Waals surface area contributed by atoms with Crippen molar-refractivity contribution in [3.63, 3.8) is 0 Å². The molecule has 3 rings (SSSR count). The van der Waals surface area contributed by atoms with Crippen LogP contribution in [0.2, 0.25) is 0 Å². The van der Waals surface area contributed by atoms with Gasteiger partial charge in [-0.05, 0) is 30.5 Å². The summed E-state index contributed by atoms with van der Waals surface area (Å²) in [7, 11) is 0. The summed E-state index contributed by atoms with van der Waals surface area (Å²) < 4.78 is 5.62. The summed E-state index contributed by atoms with van der Waals surface area (Å²) in [6, 6.07) is 20.6. The Hall–Kier alpha value is -1.74. The SMILES string of the molecule is O=C1CCC[C@H](C(Sc2ccccc2)c2ccccc2)O1. The van der Waals surface area contributed by atoms with Gasteiger partial charge in [0.15, 0.2) is 0 Å². The van der Waals surface area contributed by atoms with Crippen LogP contribution in [0.4, 0.5) is 0 Å². The van der Waals surface area contributed by atoms with Gasteiger partial charge in [0.2, 0.25) is 0 Å². The normalized spacial score (nSPS) is 19.8. The molecule has 108 valence electrons. The number of ether oxygens (including phenoxy) is 1. The number of carbonyl (C=O) groups excluding carboxylic acids is 1. The number of carbonyl (C=O) groups is 1. The molecular formula is C18H18O2S. The third-order valence-corrected chi connectivity index (χ3v) is 5.00. The van der Waals surface area contributed by atoms with Gasteiger partial charge in [0.05, 0.1) is 5.25 Å². The average molecular weight is 298 g/mol. The molecule has 0 aliphatic carbocycles. The van der Waals surface area contributed by atoms with Crippen LogP contribution in [0.1, 0.15) is 30.1 Å². The molecule has 0 radical (unpaired) electrons. The Morgan fingerprint density at radius 2 is 1.67 bits per heavy atom. The van der Waals surface area contributed by atoms with Crippen molar-refractivity contribution < 1.29 is 9.53 Å². The Bertz CT molecular complexity index is 583. The first-order valence-corrected chi connectivity index (χ1v) is 8.17. The number of cyclic esters (lactones) is 1. The van der Waals surface area contributed by atoms with Gasteiger partial charge in [0.1, 0.15) is 6.10 Å². The molecule has 2 aromatic rings. The molecule has 1 aliphatic rings. The maximum Gasteiger partial charge on any atom is 0.306 e. The molecule has 1 heterocycles. The Morgan fingerprint density at radius 1 is 1.00 bits per heavy atom. The van der Waals surface area contributed by atoms with E-state index >= 15 is 0 Å². The Labute approximate surface area is 129 Å². The highest BCUT2D eigenvalue weighted by atomic mass is 32.2. The molecule has 1 fully saturated rings. The third-order valence-electron chi connectivity index (χ3n) is 3.62. The minimum Gasteiger partial charge on any atom is -0.461 e. The van der Waals surface area contributed by atoms with E-state index in [1.165, 1.54) is 10.5 Å². The van der Waals surface area contributed by atoms with Gasteiger partial charge in [-0.2, -0.15) is 0 Å². The van der Waals surface area contributed by atoms with E-state index in [0.717, 1.165) is 12.8 Å². The van der Waals surface area contributed by atoms with Crippen LogP contribution in [0, 0.1) is 0 Å². The van der Waals surface area contributed by atoms with Crippen LogP contribution in [0.5, 0.6) is 0 Å². The third kappa shape index (κ3) is 3.67. The van der Waals surface area contributed by atoms with Gasteiger partial charge in [0, 0.05) is 11.3 Å². The van der Waals surface area contributed by atoms with Gasteiger partial charge in [-0.1, -0.05) is 48.5 Å². The zero-order valence-electron chi connectivity index (χ0n) is 11.8. The second-order valence-electron chi connectivity index (χ2n) is 5.18. The number of benzene rings is 2. The smallest absolute Gasteiger partial charge is 0.306 e. The van der Waals surface area contributed by atoms with Gasteiger partial charge in [-0.3, -0.25) is 4.79 Å². The zero-order chi connectivity index (χ0) is 14.5. The summed E-state index contributed by atoms with van der Waals surface area (Å²) in [6.45, 7) is 0. The molecule has 21 heavy (non-hydrogen) atoms. The monoisotopic (exact) mass is 298 g/mol. The molecule has 0 aromatic heterocycles. The van der Waals surface area contributed by atoms with Crippen LogP contribution in [0.3, 0.4) is 0 Å². The van der Waals surface area contributed by atoms with Crippen LogP contribution in [-0.4, -0.2) is 12.1 Å². The largest absolute Gasteiger partial charge is 0.461 e. The van der Waals surface area contributed by atoms with Crippen molar-refractivity contribution in [1.29, 1.82) is 0 Å². The lowest BCUT2D eigenvalue weighted by Crippen LogP contribution is -2.28. The Morgan fingerprint density at radius 3 is 2.33 bits per heavy atom. The van der Waals surface area contributed by atoms with Crippen LogP contribution >= 0.6 is 11.8 Å². The molecule has 0 N–H and O–H groups in total. The summed E-state index contributed by atoms with van der Waals surface area (Å²) in [4.78, 5) is 12.8. The van der Waals surface area contributed by atoms with Crippen molar-refractivity contribution in [1.82, 2.24) is 0 Å². The van der Waals surface area contributed by atoms with Crippen molar-refractivity contribution >= 4 is 17.7 Å². The molecule has 2 nitrogen and oxygen atoms in total. The molecule has 0 spiro atoms. The molecule has 1 saturated heterocycles. The standard InChI is InChI=1S/C18H18O2S/c19-17-13-7-12-16(20-17)18(14-8-3-1-4-9-14)21-15-10-5-2-6-11-15/h1-6,8-11,16,18H,7,12-13H2/t16-,18?/m1/s1. The number of esters is 1. The lowest BCUT2D eigenvalue weighted by molar-refractivity contribution is -0.153. The van der Waals surface area contributed by atoms with Gasteiger partial charge in [0.25, 0.3) is 0 Å². The molecule has 0 amide bonds.